The van der Waals surface area contributed by atoms with E-state index in [1.54, 1.807) is 7.11 Å². The molecule has 1 aliphatic rings. The molecular formula is C9H15N3O. The molecule has 0 bridgehead atoms. The fraction of sp³-hybridized carbons (Fsp3) is 0.667. The van der Waals surface area contributed by atoms with Crippen LogP contribution in [0.3, 0.4) is 0 Å². The van der Waals surface area contributed by atoms with E-state index in [9.17, 15) is 0 Å². The maximum absolute atomic E-state index is 5.15. The topological polar surface area (TPSA) is 39.1 Å². The number of hydrogen-bond donors (Lipinski definition) is 1. The average Bonchev–Trinajstić information content (AvgIpc) is 2.46. The Labute approximate surface area is 77.9 Å². The van der Waals surface area contributed by atoms with E-state index in [4.69, 9.17) is 4.74 Å². The summed E-state index contributed by atoms with van der Waals surface area (Å²) in [4.78, 5) is 0. The van der Waals surface area contributed by atoms with Gasteiger partial charge in [-0.2, -0.15) is 5.10 Å². The van der Waals surface area contributed by atoms with Crippen molar-refractivity contribution in [1.29, 1.82) is 0 Å². The zero-order valence-electron chi connectivity index (χ0n) is 7.86. The van der Waals surface area contributed by atoms with Gasteiger partial charge in [-0.05, 0) is 6.07 Å². The van der Waals surface area contributed by atoms with E-state index in [2.05, 4.69) is 21.2 Å². The molecule has 0 spiro atoms. The highest BCUT2D eigenvalue weighted by molar-refractivity contribution is 5.01. The van der Waals surface area contributed by atoms with E-state index in [0.29, 0.717) is 5.92 Å². The van der Waals surface area contributed by atoms with Gasteiger partial charge in [0.15, 0.2) is 0 Å². The second-order valence-corrected chi connectivity index (χ2v) is 3.46. The van der Waals surface area contributed by atoms with Gasteiger partial charge >= 0.3 is 0 Å². The SMILES string of the molecule is COC[C@H]1CNCc2ccnn2C1. The monoisotopic (exact) mass is 181 g/mol. The average molecular weight is 181 g/mol. The molecule has 1 atom stereocenters. The van der Waals surface area contributed by atoms with Gasteiger partial charge < -0.3 is 10.1 Å². The van der Waals surface area contributed by atoms with E-state index in [1.807, 2.05) is 6.20 Å². The fourth-order valence-electron chi connectivity index (χ4n) is 1.74. The number of rotatable bonds is 2. The van der Waals surface area contributed by atoms with E-state index in [-0.39, 0.29) is 0 Å². The number of nitrogens with zero attached hydrogens (tertiary/aromatic N) is 2. The van der Waals surface area contributed by atoms with Crippen LogP contribution in [0.25, 0.3) is 0 Å². The standard InChI is InChI=1S/C9H15N3O/c1-13-7-8-4-10-5-9-2-3-11-12(9)6-8/h2-3,8,10H,4-7H2,1H3/t8-/m0/s1. The van der Waals surface area contributed by atoms with Gasteiger partial charge in [-0.25, -0.2) is 0 Å². The van der Waals surface area contributed by atoms with Crippen LogP contribution in [0.2, 0.25) is 0 Å². The van der Waals surface area contributed by atoms with Crippen molar-refractivity contribution in [3.8, 4) is 0 Å². The van der Waals surface area contributed by atoms with E-state index in [0.717, 1.165) is 26.2 Å². The van der Waals surface area contributed by atoms with Crippen molar-refractivity contribution < 1.29 is 4.74 Å². The predicted molar refractivity (Wildman–Crippen MR) is 49.3 cm³/mol. The number of hydrogen-bond acceptors (Lipinski definition) is 3. The molecule has 0 aromatic carbocycles. The van der Waals surface area contributed by atoms with Crippen LogP contribution in [0.4, 0.5) is 0 Å². The van der Waals surface area contributed by atoms with Crippen LogP contribution in [0.15, 0.2) is 12.3 Å². The van der Waals surface area contributed by atoms with Crippen molar-refractivity contribution in [2.75, 3.05) is 20.3 Å². The third kappa shape index (κ3) is 1.89. The maximum Gasteiger partial charge on any atom is 0.0522 e. The van der Waals surface area contributed by atoms with Crippen molar-refractivity contribution in [1.82, 2.24) is 15.1 Å². The molecule has 0 saturated carbocycles. The molecule has 0 unspecified atom stereocenters. The molecule has 0 saturated heterocycles. The van der Waals surface area contributed by atoms with Gasteiger partial charge in [0.1, 0.15) is 0 Å². The second kappa shape index (κ2) is 3.89. The Morgan fingerprint density at radius 1 is 1.77 bits per heavy atom. The third-order valence-electron chi connectivity index (χ3n) is 2.38. The lowest BCUT2D eigenvalue weighted by Gasteiger charge is -2.12. The number of fused-ring (bicyclic) bond motifs is 1. The maximum atomic E-state index is 5.15. The third-order valence-corrected chi connectivity index (χ3v) is 2.38. The Balaban J connectivity index is 2.07. The summed E-state index contributed by atoms with van der Waals surface area (Å²) in [6.07, 6.45) is 1.85. The lowest BCUT2D eigenvalue weighted by Crippen LogP contribution is -2.24. The van der Waals surface area contributed by atoms with Gasteiger partial charge in [-0.1, -0.05) is 0 Å². The molecule has 2 heterocycles. The van der Waals surface area contributed by atoms with Gasteiger partial charge in [0.05, 0.1) is 12.3 Å². The first-order valence-electron chi connectivity index (χ1n) is 4.60. The quantitative estimate of drug-likeness (QED) is 0.710. The molecule has 1 aromatic heterocycles. The largest absolute Gasteiger partial charge is 0.384 e. The zero-order valence-corrected chi connectivity index (χ0v) is 7.86. The van der Waals surface area contributed by atoms with Crippen LogP contribution in [0.5, 0.6) is 0 Å². The molecule has 1 N–H and O–H groups in total. The number of nitrogens with one attached hydrogen (secondary N) is 1. The van der Waals surface area contributed by atoms with Gasteiger partial charge in [-0.15, -0.1) is 0 Å². The first kappa shape index (κ1) is 8.72. The van der Waals surface area contributed by atoms with Crippen molar-refractivity contribution in [2.24, 2.45) is 5.92 Å². The van der Waals surface area contributed by atoms with Crippen molar-refractivity contribution in [2.45, 2.75) is 13.1 Å². The Bertz CT molecular complexity index is 272. The first-order chi connectivity index (χ1) is 6.40. The summed E-state index contributed by atoms with van der Waals surface area (Å²) in [6.45, 7) is 3.69. The van der Waals surface area contributed by atoms with Crippen LogP contribution in [-0.2, 0) is 17.8 Å². The van der Waals surface area contributed by atoms with Crippen molar-refractivity contribution in [3.05, 3.63) is 18.0 Å². The molecule has 0 aliphatic carbocycles. The molecular weight excluding hydrogens is 166 g/mol. The Kier molecular flexibility index (Phi) is 2.61. The van der Waals surface area contributed by atoms with Crippen molar-refractivity contribution in [3.63, 3.8) is 0 Å². The summed E-state index contributed by atoms with van der Waals surface area (Å²) in [5, 5.41) is 7.65. The summed E-state index contributed by atoms with van der Waals surface area (Å²) in [5.41, 5.74) is 1.26. The number of aromatic nitrogens is 2. The highest BCUT2D eigenvalue weighted by Gasteiger charge is 2.15. The summed E-state index contributed by atoms with van der Waals surface area (Å²) in [6, 6.07) is 2.06. The van der Waals surface area contributed by atoms with E-state index < -0.39 is 0 Å². The van der Waals surface area contributed by atoms with Crippen LogP contribution >= 0.6 is 0 Å². The lowest BCUT2D eigenvalue weighted by molar-refractivity contribution is 0.143. The molecule has 1 aromatic rings. The van der Waals surface area contributed by atoms with Crippen molar-refractivity contribution >= 4 is 0 Å². The molecule has 4 heteroatoms. The smallest absolute Gasteiger partial charge is 0.0522 e. The van der Waals surface area contributed by atoms with E-state index in [1.165, 1.54) is 5.69 Å². The Morgan fingerprint density at radius 2 is 2.69 bits per heavy atom. The van der Waals surface area contributed by atoms with Gasteiger partial charge in [0, 0.05) is 38.9 Å². The van der Waals surface area contributed by atoms with Gasteiger partial charge in [0.25, 0.3) is 0 Å². The summed E-state index contributed by atoms with van der Waals surface area (Å²) in [5.74, 6) is 0.533. The van der Waals surface area contributed by atoms with Crippen LogP contribution in [0.1, 0.15) is 5.69 Å². The molecule has 13 heavy (non-hydrogen) atoms. The van der Waals surface area contributed by atoms with Gasteiger partial charge in [-0.3, -0.25) is 4.68 Å². The highest BCUT2D eigenvalue weighted by atomic mass is 16.5. The zero-order chi connectivity index (χ0) is 9.10. The summed E-state index contributed by atoms with van der Waals surface area (Å²) >= 11 is 0. The Morgan fingerprint density at radius 3 is 3.54 bits per heavy atom. The fourth-order valence-corrected chi connectivity index (χ4v) is 1.74. The minimum atomic E-state index is 0.533. The summed E-state index contributed by atoms with van der Waals surface area (Å²) < 4.78 is 7.21. The molecule has 72 valence electrons. The minimum absolute atomic E-state index is 0.533. The van der Waals surface area contributed by atoms with E-state index >= 15 is 0 Å². The highest BCUT2D eigenvalue weighted by Crippen LogP contribution is 2.08. The normalized spacial score (nSPS) is 22.4. The Hall–Kier alpha value is -0.870. The van der Waals surface area contributed by atoms with Crippen LogP contribution in [0, 0.1) is 5.92 Å². The molecule has 0 amide bonds. The molecule has 4 nitrogen and oxygen atoms in total. The molecule has 0 radical (unpaired) electrons. The van der Waals surface area contributed by atoms with Gasteiger partial charge in [0.2, 0.25) is 0 Å². The lowest BCUT2D eigenvalue weighted by atomic mass is 10.1. The summed E-state index contributed by atoms with van der Waals surface area (Å²) in [7, 11) is 1.74. The molecule has 2 rings (SSSR count). The van der Waals surface area contributed by atoms with Crippen LogP contribution in [-0.4, -0.2) is 30.0 Å². The number of methoxy groups -OCH3 is 1. The second-order valence-electron chi connectivity index (χ2n) is 3.46. The predicted octanol–water partition coefficient (Wildman–Crippen LogP) is 0.249. The van der Waals surface area contributed by atoms with Crippen LogP contribution < -0.4 is 5.32 Å². The minimum Gasteiger partial charge on any atom is -0.384 e. The first-order valence-corrected chi connectivity index (χ1v) is 4.60. The molecule has 1 aliphatic heterocycles. The molecule has 0 fully saturated rings. The number of ether oxygens (including phenoxy) is 1.